The monoisotopic (exact) mass is 474 g/mol. The molecule has 176 valence electrons. The van der Waals surface area contributed by atoms with E-state index >= 15 is 0 Å². The third-order valence-electron chi connectivity index (χ3n) is 5.97. The summed E-state index contributed by atoms with van der Waals surface area (Å²) >= 11 is 0. The van der Waals surface area contributed by atoms with Gasteiger partial charge in [0, 0.05) is 10.8 Å². The fraction of sp³-hybridized carbons (Fsp3) is 0.241. The normalized spacial score (nSPS) is 12.6. The quantitative estimate of drug-likeness (QED) is 0.262. The summed E-state index contributed by atoms with van der Waals surface area (Å²) < 4.78 is 38.3. The van der Waals surface area contributed by atoms with Gasteiger partial charge in [-0.25, -0.2) is 8.42 Å². The van der Waals surface area contributed by atoms with Gasteiger partial charge in [-0.1, -0.05) is 57.2 Å². The highest BCUT2D eigenvalue weighted by molar-refractivity contribution is 7.91. The minimum Gasteiger partial charge on any atom is -0.490 e. The maximum absolute atomic E-state index is 13.1. The Bertz CT molecular complexity index is 1370. The van der Waals surface area contributed by atoms with Crippen molar-refractivity contribution < 1.29 is 17.9 Å². The van der Waals surface area contributed by atoms with E-state index < -0.39 is 9.84 Å². The van der Waals surface area contributed by atoms with Gasteiger partial charge in [-0.05, 0) is 73.4 Å². The molecular weight excluding hydrogens is 444 g/mol. The SMILES string of the molecule is CCC(C)Oc1ccc(Oc2ccc(S(=O)(=O)c3ccc(C(C)C)cc3)cc2)c2ccccc12. The van der Waals surface area contributed by atoms with Crippen molar-refractivity contribution in [3.8, 4) is 17.2 Å². The molecule has 0 N–H and O–H groups in total. The van der Waals surface area contributed by atoms with Crippen LogP contribution in [0.15, 0.2) is 94.7 Å². The third kappa shape index (κ3) is 4.95. The molecule has 0 aliphatic carbocycles. The van der Waals surface area contributed by atoms with Crippen molar-refractivity contribution >= 4 is 20.6 Å². The molecule has 4 rings (SSSR count). The van der Waals surface area contributed by atoms with E-state index in [0.29, 0.717) is 17.4 Å². The fourth-order valence-electron chi connectivity index (χ4n) is 3.72. The standard InChI is InChI=1S/C29H30O4S/c1-5-21(4)32-28-18-19-29(27-9-7-6-8-26(27)28)33-23-12-16-25(17-13-23)34(30,31)24-14-10-22(11-15-24)20(2)3/h6-21H,5H2,1-4H3. The molecule has 5 heteroatoms. The van der Waals surface area contributed by atoms with Crippen molar-refractivity contribution in [2.75, 3.05) is 0 Å². The second kappa shape index (κ2) is 9.90. The number of sulfone groups is 1. The van der Waals surface area contributed by atoms with Crippen LogP contribution in [0.2, 0.25) is 0 Å². The summed E-state index contributed by atoms with van der Waals surface area (Å²) in [5.74, 6) is 2.42. The topological polar surface area (TPSA) is 52.6 Å². The summed E-state index contributed by atoms with van der Waals surface area (Å²) in [6, 6.07) is 25.4. The number of ether oxygens (including phenoxy) is 2. The van der Waals surface area contributed by atoms with Crippen LogP contribution in [0.25, 0.3) is 10.8 Å². The lowest BCUT2D eigenvalue weighted by Crippen LogP contribution is -2.09. The van der Waals surface area contributed by atoms with E-state index in [1.807, 2.05) is 55.5 Å². The Morgan fingerprint density at radius 3 is 1.79 bits per heavy atom. The Labute approximate surface area is 202 Å². The zero-order valence-corrected chi connectivity index (χ0v) is 20.8. The molecule has 4 nitrogen and oxygen atoms in total. The molecule has 34 heavy (non-hydrogen) atoms. The lowest BCUT2D eigenvalue weighted by molar-refractivity contribution is 0.220. The molecular formula is C29H30O4S. The van der Waals surface area contributed by atoms with Crippen molar-refractivity contribution in [3.63, 3.8) is 0 Å². The second-order valence-electron chi connectivity index (χ2n) is 8.74. The number of rotatable bonds is 8. The van der Waals surface area contributed by atoms with Gasteiger partial charge in [-0.15, -0.1) is 0 Å². The molecule has 0 radical (unpaired) electrons. The van der Waals surface area contributed by atoms with Gasteiger partial charge in [-0.3, -0.25) is 0 Å². The smallest absolute Gasteiger partial charge is 0.206 e. The van der Waals surface area contributed by atoms with E-state index in [-0.39, 0.29) is 15.9 Å². The van der Waals surface area contributed by atoms with Crippen molar-refractivity contribution in [3.05, 3.63) is 90.5 Å². The molecule has 0 bridgehead atoms. The highest BCUT2D eigenvalue weighted by Gasteiger charge is 2.18. The Balaban J connectivity index is 1.59. The largest absolute Gasteiger partial charge is 0.490 e. The van der Waals surface area contributed by atoms with E-state index in [4.69, 9.17) is 9.47 Å². The molecule has 0 spiro atoms. The van der Waals surface area contributed by atoms with Gasteiger partial charge >= 0.3 is 0 Å². The van der Waals surface area contributed by atoms with Crippen molar-refractivity contribution in [2.45, 2.75) is 55.9 Å². The Morgan fingerprint density at radius 1 is 0.706 bits per heavy atom. The maximum Gasteiger partial charge on any atom is 0.206 e. The molecule has 0 saturated heterocycles. The number of hydrogen-bond acceptors (Lipinski definition) is 4. The van der Waals surface area contributed by atoms with Crippen LogP contribution in [0.3, 0.4) is 0 Å². The number of hydrogen-bond donors (Lipinski definition) is 0. The molecule has 0 amide bonds. The predicted molar refractivity (Wildman–Crippen MR) is 137 cm³/mol. The second-order valence-corrected chi connectivity index (χ2v) is 10.7. The Morgan fingerprint density at radius 2 is 1.24 bits per heavy atom. The molecule has 0 saturated carbocycles. The Hall–Kier alpha value is -3.31. The molecule has 0 aliphatic heterocycles. The summed E-state index contributed by atoms with van der Waals surface area (Å²) in [4.78, 5) is 0.521. The van der Waals surface area contributed by atoms with Gasteiger partial charge in [0.25, 0.3) is 0 Å². The minimum atomic E-state index is -3.60. The highest BCUT2D eigenvalue weighted by Crippen LogP contribution is 2.36. The van der Waals surface area contributed by atoms with Crippen molar-refractivity contribution in [2.24, 2.45) is 0 Å². The summed E-state index contributed by atoms with van der Waals surface area (Å²) in [6.45, 7) is 8.30. The van der Waals surface area contributed by atoms with Gasteiger partial charge in [0.15, 0.2) is 0 Å². The maximum atomic E-state index is 13.1. The van der Waals surface area contributed by atoms with E-state index in [2.05, 4.69) is 20.8 Å². The van der Waals surface area contributed by atoms with Crippen LogP contribution in [0.5, 0.6) is 17.2 Å². The molecule has 1 unspecified atom stereocenters. The van der Waals surface area contributed by atoms with Gasteiger partial charge in [0.2, 0.25) is 9.84 Å². The minimum absolute atomic E-state index is 0.117. The van der Waals surface area contributed by atoms with Crippen molar-refractivity contribution in [1.82, 2.24) is 0 Å². The summed E-state index contributed by atoms with van der Waals surface area (Å²) in [6.07, 6.45) is 1.04. The molecule has 0 aliphatic rings. The van der Waals surface area contributed by atoms with Gasteiger partial charge in [0.1, 0.15) is 17.2 Å². The van der Waals surface area contributed by atoms with Crippen LogP contribution >= 0.6 is 0 Å². The van der Waals surface area contributed by atoms with E-state index in [1.54, 1.807) is 36.4 Å². The summed E-state index contributed by atoms with van der Waals surface area (Å²) in [5.41, 5.74) is 1.11. The molecule has 1 atom stereocenters. The first-order chi connectivity index (χ1) is 16.3. The average molecular weight is 475 g/mol. The fourth-order valence-corrected chi connectivity index (χ4v) is 4.98. The first kappa shape index (κ1) is 23.8. The lowest BCUT2D eigenvalue weighted by atomic mass is 10.0. The molecule has 4 aromatic rings. The predicted octanol–water partition coefficient (Wildman–Crippen LogP) is 7.77. The first-order valence-electron chi connectivity index (χ1n) is 11.6. The van der Waals surface area contributed by atoms with Crippen LogP contribution < -0.4 is 9.47 Å². The van der Waals surface area contributed by atoms with Gasteiger partial charge in [0.05, 0.1) is 15.9 Å². The number of benzene rings is 4. The molecule has 0 aromatic heterocycles. The van der Waals surface area contributed by atoms with Crippen LogP contribution in [0, 0.1) is 0 Å². The summed E-state index contributed by atoms with van der Waals surface area (Å²) in [5, 5.41) is 1.91. The number of fused-ring (bicyclic) bond motifs is 1. The highest BCUT2D eigenvalue weighted by atomic mass is 32.2. The van der Waals surface area contributed by atoms with Crippen LogP contribution in [0.4, 0.5) is 0 Å². The molecule has 4 aromatic carbocycles. The average Bonchev–Trinajstić information content (AvgIpc) is 2.85. The molecule has 0 fully saturated rings. The lowest BCUT2D eigenvalue weighted by Gasteiger charge is -2.16. The summed E-state index contributed by atoms with van der Waals surface area (Å²) in [7, 11) is -3.60. The van der Waals surface area contributed by atoms with Crippen LogP contribution in [-0.4, -0.2) is 14.5 Å². The van der Waals surface area contributed by atoms with Crippen LogP contribution in [-0.2, 0) is 9.84 Å². The van der Waals surface area contributed by atoms with E-state index in [0.717, 1.165) is 28.5 Å². The van der Waals surface area contributed by atoms with E-state index in [1.165, 1.54) is 0 Å². The zero-order chi connectivity index (χ0) is 24.3. The Kier molecular flexibility index (Phi) is 6.94. The van der Waals surface area contributed by atoms with Crippen LogP contribution in [0.1, 0.15) is 45.6 Å². The first-order valence-corrected chi connectivity index (χ1v) is 13.1. The van der Waals surface area contributed by atoms with E-state index in [9.17, 15) is 8.42 Å². The third-order valence-corrected chi connectivity index (χ3v) is 7.75. The van der Waals surface area contributed by atoms with Gasteiger partial charge in [-0.2, -0.15) is 0 Å². The van der Waals surface area contributed by atoms with Crippen molar-refractivity contribution in [1.29, 1.82) is 0 Å². The zero-order valence-electron chi connectivity index (χ0n) is 20.0. The molecule has 0 heterocycles. The van der Waals surface area contributed by atoms with Gasteiger partial charge < -0.3 is 9.47 Å².